The Balaban J connectivity index is 0.00000264. The summed E-state index contributed by atoms with van der Waals surface area (Å²) in [6.45, 7) is 3.10. The first-order valence-corrected chi connectivity index (χ1v) is 9.82. The Hall–Kier alpha value is -0.430. The van der Waals surface area contributed by atoms with Gasteiger partial charge in [-0.3, -0.25) is 9.00 Å². The summed E-state index contributed by atoms with van der Waals surface area (Å²) in [6.07, 6.45) is 3.06. The van der Waals surface area contributed by atoms with Crippen molar-refractivity contribution in [3.05, 3.63) is 28.7 Å². The van der Waals surface area contributed by atoms with Crippen LogP contribution in [0.1, 0.15) is 32.6 Å². The summed E-state index contributed by atoms with van der Waals surface area (Å²) in [5.74, 6) is 0.601. The second kappa shape index (κ2) is 10.4. The quantitative estimate of drug-likeness (QED) is 0.739. The molecular weight excluding hydrogens is 400 g/mol. The van der Waals surface area contributed by atoms with Crippen LogP contribution in [0.4, 0.5) is 0 Å². The molecule has 1 aromatic carbocycles. The zero-order valence-electron chi connectivity index (χ0n) is 13.2. The van der Waals surface area contributed by atoms with Crippen LogP contribution >= 0.6 is 28.3 Å². The van der Waals surface area contributed by atoms with Gasteiger partial charge in [0.25, 0.3) is 0 Å². The number of amides is 1. The lowest BCUT2D eigenvalue weighted by atomic mass is 10.0. The van der Waals surface area contributed by atoms with Gasteiger partial charge in [-0.25, -0.2) is 0 Å². The molecule has 130 valence electrons. The third kappa shape index (κ3) is 7.33. The van der Waals surface area contributed by atoms with E-state index in [9.17, 15) is 9.00 Å². The van der Waals surface area contributed by atoms with Crippen molar-refractivity contribution in [3.8, 4) is 0 Å². The van der Waals surface area contributed by atoms with Crippen LogP contribution in [0.3, 0.4) is 0 Å². The Morgan fingerprint density at radius 1 is 1.39 bits per heavy atom. The Morgan fingerprint density at radius 2 is 2.09 bits per heavy atom. The highest BCUT2D eigenvalue weighted by Gasteiger charge is 2.19. The minimum absolute atomic E-state index is 0. The third-order valence-corrected chi connectivity index (χ3v) is 5.78. The van der Waals surface area contributed by atoms with Crippen LogP contribution in [0.5, 0.6) is 0 Å². The summed E-state index contributed by atoms with van der Waals surface area (Å²) in [7, 11) is -1.03. The van der Waals surface area contributed by atoms with Crippen molar-refractivity contribution in [1.82, 2.24) is 10.6 Å². The first-order valence-electron chi connectivity index (χ1n) is 7.71. The predicted molar refractivity (Wildman–Crippen MR) is 101 cm³/mol. The molecule has 0 aromatic heterocycles. The maximum absolute atomic E-state index is 12.1. The molecule has 1 aliphatic heterocycles. The summed E-state index contributed by atoms with van der Waals surface area (Å²) in [5, 5.41) is 6.46. The molecule has 0 aliphatic carbocycles. The molecule has 1 aliphatic rings. The highest BCUT2D eigenvalue weighted by Crippen LogP contribution is 2.14. The molecule has 1 saturated heterocycles. The average molecular weight is 424 g/mol. The van der Waals surface area contributed by atoms with Crippen molar-refractivity contribution in [3.63, 3.8) is 0 Å². The molecule has 2 N–H and O–H groups in total. The van der Waals surface area contributed by atoms with Crippen molar-refractivity contribution in [2.45, 2.75) is 49.6 Å². The molecule has 7 heteroatoms. The number of halogens is 2. The van der Waals surface area contributed by atoms with Crippen LogP contribution < -0.4 is 10.6 Å². The number of hydrogen-bond acceptors (Lipinski definition) is 3. The van der Waals surface area contributed by atoms with Gasteiger partial charge in [0.05, 0.1) is 10.8 Å². The SMILES string of the molecule is CC1CC(NC(=O)CCCS(=O)c2ccc(Br)cc2)CCN1.Cl. The molecular formula is C16H24BrClN2O2S. The van der Waals surface area contributed by atoms with E-state index in [4.69, 9.17) is 0 Å². The molecule has 0 spiro atoms. The summed E-state index contributed by atoms with van der Waals surface area (Å²) in [5.41, 5.74) is 0. The van der Waals surface area contributed by atoms with E-state index in [0.717, 1.165) is 28.8 Å². The standard InChI is InChI=1S/C16H23BrN2O2S.ClH/c1-12-11-14(8-9-18-12)19-16(20)3-2-10-22(21)15-6-4-13(17)5-7-15;/h4-7,12,14,18H,2-3,8-11H2,1H3,(H,19,20);1H. The maximum Gasteiger partial charge on any atom is 0.220 e. The first kappa shape index (κ1) is 20.6. The summed E-state index contributed by atoms with van der Waals surface area (Å²) in [6, 6.07) is 8.23. The smallest absolute Gasteiger partial charge is 0.220 e. The van der Waals surface area contributed by atoms with E-state index in [1.807, 2.05) is 24.3 Å². The molecule has 2 rings (SSSR count). The van der Waals surface area contributed by atoms with Crippen molar-refractivity contribution in [2.75, 3.05) is 12.3 Å². The number of carbonyl (C=O) groups is 1. The molecule has 1 heterocycles. The van der Waals surface area contributed by atoms with Gasteiger partial charge in [-0.05, 0) is 57.0 Å². The number of rotatable bonds is 6. The van der Waals surface area contributed by atoms with E-state index in [1.54, 1.807) is 0 Å². The molecule has 0 radical (unpaired) electrons. The lowest BCUT2D eigenvalue weighted by Crippen LogP contribution is -2.46. The van der Waals surface area contributed by atoms with Gasteiger partial charge in [0.1, 0.15) is 0 Å². The van der Waals surface area contributed by atoms with Crippen LogP contribution in [0.25, 0.3) is 0 Å². The van der Waals surface area contributed by atoms with Crippen molar-refractivity contribution < 1.29 is 9.00 Å². The van der Waals surface area contributed by atoms with Crippen molar-refractivity contribution in [1.29, 1.82) is 0 Å². The largest absolute Gasteiger partial charge is 0.353 e. The first-order chi connectivity index (χ1) is 10.5. The van der Waals surface area contributed by atoms with E-state index in [1.165, 1.54) is 0 Å². The Bertz CT molecular complexity index is 527. The highest BCUT2D eigenvalue weighted by molar-refractivity contribution is 9.10. The summed E-state index contributed by atoms with van der Waals surface area (Å²) >= 11 is 3.36. The fourth-order valence-corrected chi connectivity index (χ4v) is 3.98. The number of hydrogen-bond donors (Lipinski definition) is 2. The van der Waals surface area contributed by atoms with Gasteiger partial charge in [0, 0.05) is 33.6 Å². The van der Waals surface area contributed by atoms with Gasteiger partial charge in [-0.2, -0.15) is 0 Å². The van der Waals surface area contributed by atoms with Gasteiger partial charge < -0.3 is 10.6 Å². The Labute approximate surface area is 155 Å². The van der Waals surface area contributed by atoms with Crippen molar-refractivity contribution >= 4 is 45.0 Å². The minimum Gasteiger partial charge on any atom is -0.353 e. The van der Waals surface area contributed by atoms with E-state index in [2.05, 4.69) is 33.5 Å². The molecule has 23 heavy (non-hydrogen) atoms. The Morgan fingerprint density at radius 3 is 2.74 bits per heavy atom. The fourth-order valence-electron chi connectivity index (χ4n) is 2.63. The molecule has 1 fully saturated rings. The number of carbonyl (C=O) groups excluding carboxylic acids is 1. The van der Waals surface area contributed by atoms with Gasteiger partial charge >= 0.3 is 0 Å². The number of benzene rings is 1. The van der Waals surface area contributed by atoms with Crippen molar-refractivity contribution in [2.24, 2.45) is 0 Å². The minimum atomic E-state index is -1.03. The highest BCUT2D eigenvalue weighted by atomic mass is 79.9. The van der Waals surface area contributed by atoms with Crippen LogP contribution in [0.2, 0.25) is 0 Å². The lowest BCUT2D eigenvalue weighted by Gasteiger charge is -2.28. The van der Waals surface area contributed by atoms with Gasteiger partial charge in [0.15, 0.2) is 0 Å². The van der Waals surface area contributed by atoms with Gasteiger partial charge in [0.2, 0.25) is 5.91 Å². The molecule has 0 saturated carbocycles. The van der Waals surface area contributed by atoms with Crippen LogP contribution in [0, 0.1) is 0 Å². The number of piperidine rings is 1. The Kier molecular flexibility index (Phi) is 9.36. The van der Waals surface area contributed by atoms with E-state index >= 15 is 0 Å². The molecule has 3 unspecified atom stereocenters. The van der Waals surface area contributed by atoms with Crippen LogP contribution in [-0.4, -0.2) is 34.5 Å². The van der Waals surface area contributed by atoms with Gasteiger partial charge in [-0.15, -0.1) is 12.4 Å². The van der Waals surface area contributed by atoms with E-state index < -0.39 is 10.8 Å². The monoisotopic (exact) mass is 422 g/mol. The summed E-state index contributed by atoms with van der Waals surface area (Å²) < 4.78 is 13.1. The summed E-state index contributed by atoms with van der Waals surface area (Å²) in [4.78, 5) is 12.8. The predicted octanol–water partition coefficient (Wildman–Crippen LogP) is 3.02. The van der Waals surface area contributed by atoms with Crippen LogP contribution in [0.15, 0.2) is 33.6 Å². The lowest BCUT2D eigenvalue weighted by molar-refractivity contribution is -0.122. The third-order valence-electron chi connectivity index (χ3n) is 3.80. The van der Waals surface area contributed by atoms with E-state index in [-0.39, 0.29) is 24.4 Å². The second-order valence-electron chi connectivity index (χ2n) is 5.75. The zero-order chi connectivity index (χ0) is 15.9. The topological polar surface area (TPSA) is 58.2 Å². The van der Waals surface area contributed by atoms with E-state index in [0.29, 0.717) is 24.6 Å². The van der Waals surface area contributed by atoms with Gasteiger partial charge in [-0.1, -0.05) is 15.9 Å². The molecule has 4 nitrogen and oxygen atoms in total. The molecule has 3 atom stereocenters. The second-order valence-corrected chi connectivity index (χ2v) is 8.24. The fraction of sp³-hybridized carbons (Fsp3) is 0.562. The van der Waals surface area contributed by atoms with Crippen LogP contribution in [-0.2, 0) is 15.6 Å². The average Bonchev–Trinajstić information content (AvgIpc) is 2.47. The number of nitrogens with one attached hydrogen (secondary N) is 2. The normalized spacial score (nSPS) is 22.0. The maximum atomic E-state index is 12.1. The molecule has 1 aromatic rings. The molecule has 0 bridgehead atoms. The zero-order valence-corrected chi connectivity index (χ0v) is 16.4. The molecule has 1 amide bonds.